The van der Waals surface area contributed by atoms with Gasteiger partial charge in [0.15, 0.2) is 5.69 Å². The second-order valence-corrected chi connectivity index (χ2v) is 7.00. The Balaban J connectivity index is 1.45. The first-order valence-electron chi connectivity index (χ1n) is 8.32. The molecule has 2 aromatic carbocycles. The molecule has 0 saturated carbocycles. The zero-order valence-electron chi connectivity index (χ0n) is 13.9. The Morgan fingerprint density at radius 2 is 1.96 bits per heavy atom. The van der Waals surface area contributed by atoms with Crippen molar-refractivity contribution in [1.29, 1.82) is 0 Å². The molecule has 2 heterocycles. The van der Waals surface area contributed by atoms with E-state index in [0.29, 0.717) is 31.1 Å². The number of rotatable bonds is 4. The van der Waals surface area contributed by atoms with Crippen LogP contribution in [0, 0.1) is 0 Å². The van der Waals surface area contributed by atoms with Crippen molar-refractivity contribution >= 4 is 21.8 Å². The maximum atomic E-state index is 12.5. The van der Waals surface area contributed by atoms with E-state index in [1.807, 2.05) is 54.6 Å². The van der Waals surface area contributed by atoms with Gasteiger partial charge in [-0.05, 0) is 23.3 Å². The molecule has 1 atom stereocenters. The summed E-state index contributed by atoms with van der Waals surface area (Å²) in [5.41, 5.74) is 3.15. The van der Waals surface area contributed by atoms with E-state index in [4.69, 9.17) is 4.74 Å². The third-order valence-electron chi connectivity index (χ3n) is 4.35. The lowest BCUT2D eigenvalue weighted by atomic mass is 10.1. The molecule has 1 N–H and O–H groups in total. The van der Waals surface area contributed by atoms with Crippen molar-refractivity contribution in [1.82, 2.24) is 20.3 Å². The highest BCUT2D eigenvalue weighted by molar-refractivity contribution is 9.10. The van der Waals surface area contributed by atoms with Gasteiger partial charge in [0.2, 0.25) is 0 Å². The number of halogens is 1. The molecule has 1 aliphatic rings. The van der Waals surface area contributed by atoms with Crippen LogP contribution in [0.25, 0.3) is 0 Å². The highest BCUT2D eigenvalue weighted by atomic mass is 79.9. The van der Waals surface area contributed by atoms with Gasteiger partial charge in [-0.3, -0.25) is 4.79 Å². The summed E-state index contributed by atoms with van der Waals surface area (Å²) >= 11 is 3.43. The molecule has 7 heteroatoms. The number of amides is 1. The van der Waals surface area contributed by atoms with Gasteiger partial charge in [0, 0.05) is 11.0 Å². The van der Waals surface area contributed by atoms with Gasteiger partial charge in [-0.1, -0.05) is 63.6 Å². The number of hydrogen-bond donors (Lipinski definition) is 1. The molecule has 1 aromatic heterocycles. The van der Waals surface area contributed by atoms with Crippen LogP contribution in [-0.4, -0.2) is 20.9 Å². The summed E-state index contributed by atoms with van der Waals surface area (Å²) in [6.45, 7) is 1.30. The third-order valence-corrected chi connectivity index (χ3v) is 4.88. The number of carbonyl (C=O) groups excluding carboxylic acids is 1. The lowest BCUT2D eigenvalue weighted by Gasteiger charge is -2.24. The summed E-state index contributed by atoms with van der Waals surface area (Å²) in [6.07, 6.45) is -0.0995. The molecule has 26 heavy (non-hydrogen) atoms. The van der Waals surface area contributed by atoms with Crippen LogP contribution < -0.4 is 5.32 Å². The van der Waals surface area contributed by atoms with E-state index in [-0.39, 0.29) is 12.0 Å². The fourth-order valence-corrected chi connectivity index (χ4v) is 3.19. The van der Waals surface area contributed by atoms with Crippen LogP contribution in [0.1, 0.15) is 33.4 Å². The Hall–Kier alpha value is -2.51. The monoisotopic (exact) mass is 412 g/mol. The number of nitrogens with zero attached hydrogens (tertiary/aromatic N) is 3. The number of carbonyl (C=O) groups is 1. The van der Waals surface area contributed by atoms with Crippen molar-refractivity contribution in [2.24, 2.45) is 0 Å². The topological polar surface area (TPSA) is 69.0 Å². The maximum Gasteiger partial charge on any atom is 0.274 e. The number of ether oxygens (including phenoxy) is 1. The summed E-state index contributed by atoms with van der Waals surface area (Å²) in [7, 11) is 0. The molecular weight excluding hydrogens is 396 g/mol. The normalized spacial score (nSPS) is 16.1. The lowest BCUT2D eigenvalue weighted by molar-refractivity contribution is -0.00177. The summed E-state index contributed by atoms with van der Waals surface area (Å²) in [5.74, 6) is -0.235. The molecule has 0 radical (unpaired) electrons. The van der Waals surface area contributed by atoms with Crippen molar-refractivity contribution in [3.63, 3.8) is 0 Å². The Morgan fingerprint density at radius 3 is 2.73 bits per heavy atom. The van der Waals surface area contributed by atoms with Crippen LogP contribution in [0.15, 0.2) is 59.1 Å². The number of fused-ring (bicyclic) bond motifs is 1. The second kappa shape index (κ2) is 7.39. The second-order valence-electron chi connectivity index (χ2n) is 6.09. The van der Waals surface area contributed by atoms with Crippen molar-refractivity contribution < 1.29 is 9.53 Å². The Kier molecular flexibility index (Phi) is 4.81. The van der Waals surface area contributed by atoms with Crippen LogP contribution in [0.5, 0.6) is 0 Å². The molecule has 132 valence electrons. The van der Waals surface area contributed by atoms with E-state index < -0.39 is 0 Å². The zero-order chi connectivity index (χ0) is 17.9. The smallest absolute Gasteiger partial charge is 0.274 e. The van der Waals surface area contributed by atoms with Gasteiger partial charge in [-0.2, -0.15) is 0 Å². The molecule has 4 rings (SSSR count). The van der Waals surface area contributed by atoms with Gasteiger partial charge in [0.05, 0.1) is 18.8 Å². The van der Waals surface area contributed by atoms with Crippen molar-refractivity contribution in [3.8, 4) is 0 Å². The number of benzene rings is 2. The van der Waals surface area contributed by atoms with Gasteiger partial charge in [-0.25, -0.2) is 4.68 Å². The average Bonchev–Trinajstić information content (AvgIpc) is 3.11. The maximum absolute atomic E-state index is 12.5. The van der Waals surface area contributed by atoms with Gasteiger partial charge >= 0.3 is 0 Å². The standard InChI is InChI=1S/C19H17BrN4O2/c20-15-8-6-14(7-9-15)17-11-24-16(12-26-17)18(22-23-24)19(25)21-10-13-4-2-1-3-5-13/h1-9,17H,10-12H2,(H,21,25)/t17-/m1/s1. The van der Waals surface area contributed by atoms with E-state index in [1.54, 1.807) is 4.68 Å². The SMILES string of the molecule is O=C(NCc1ccccc1)c1nnn2c1CO[C@@H](c1ccc(Br)cc1)C2. The first kappa shape index (κ1) is 16.9. The van der Waals surface area contributed by atoms with Crippen molar-refractivity contribution in [2.45, 2.75) is 25.8 Å². The fourth-order valence-electron chi connectivity index (χ4n) is 2.93. The predicted octanol–water partition coefficient (Wildman–Crippen LogP) is 3.24. The summed E-state index contributed by atoms with van der Waals surface area (Å²) < 4.78 is 8.73. The number of hydrogen-bond acceptors (Lipinski definition) is 4. The molecule has 0 unspecified atom stereocenters. The van der Waals surface area contributed by atoms with Crippen LogP contribution in [-0.2, 0) is 24.4 Å². The minimum atomic E-state index is -0.235. The van der Waals surface area contributed by atoms with Crippen molar-refractivity contribution in [3.05, 3.63) is 81.6 Å². The molecule has 3 aromatic rings. The van der Waals surface area contributed by atoms with Gasteiger partial charge in [-0.15, -0.1) is 5.10 Å². The zero-order valence-corrected chi connectivity index (χ0v) is 15.5. The molecule has 0 bridgehead atoms. The minimum absolute atomic E-state index is 0.0995. The van der Waals surface area contributed by atoms with E-state index in [9.17, 15) is 4.79 Å². The quantitative estimate of drug-likeness (QED) is 0.713. The van der Waals surface area contributed by atoms with Gasteiger partial charge in [0.25, 0.3) is 5.91 Å². The van der Waals surface area contributed by atoms with Crippen LogP contribution in [0.2, 0.25) is 0 Å². The molecule has 0 aliphatic carbocycles. The molecule has 6 nitrogen and oxygen atoms in total. The highest BCUT2D eigenvalue weighted by Crippen LogP contribution is 2.27. The minimum Gasteiger partial charge on any atom is -0.365 e. The summed E-state index contributed by atoms with van der Waals surface area (Å²) in [4.78, 5) is 12.5. The molecule has 0 saturated heterocycles. The van der Waals surface area contributed by atoms with Crippen LogP contribution >= 0.6 is 15.9 Å². The highest BCUT2D eigenvalue weighted by Gasteiger charge is 2.27. The van der Waals surface area contributed by atoms with E-state index in [1.165, 1.54) is 0 Å². The third kappa shape index (κ3) is 3.54. The van der Waals surface area contributed by atoms with E-state index in [2.05, 4.69) is 31.6 Å². The van der Waals surface area contributed by atoms with Crippen LogP contribution in [0.3, 0.4) is 0 Å². The average molecular weight is 413 g/mol. The van der Waals surface area contributed by atoms with Crippen LogP contribution in [0.4, 0.5) is 0 Å². The first-order chi connectivity index (χ1) is 12.7. The first-order valence-corrected chi connectivity index (χ1v) is 9.11. The number of aromatic nitrogens is 3. The fraction of sp³-hybridized carbons (Fsp3) is 0.211. The van der Waals surface area contributed by atoms with E-state index >= 15 is 0 Å². The molecule has 1 aliphatic heterocycles. The molecule has 1 amide bonds. The van der Waals surface area contributed by atoms with E-state index in [0.717, 1.165) is 15.6 Å². The number of nitrogens with one attached hydrogen (secondary N) is 1. The Bertz CT molecular complexity index is 909. The predicted molar refractivity (Wildman–Crippen MR) is 99.3 cm³/mol. The van der Waals surface area contributed by atoms with Crippen molar-refractivity contribution in [2.75, 3.05) is 0 Å². The van der Waals surface area contributed by atoms with Gasteiger partial charge in [0.1, 0.15) is 6.10 Å². The summed E-state index contributed by atoms with van der Waals surface area (Å²) in [6, 6.07) is 17.8. The Morgan fingerprint density at radius 1 is 1.19 bits per heavy atom. The lowest BCUT2D eigenvalue weighted by Crippen LogP contribution is -2.27. The summed E-state index contributed by atoms with van der Waals surface area (Å²) in [5, 5.41) is 11.1. The largest absolute Gasteiger partial charge is 0.365 e. The Labute approximate surface area is 159 Å². The molecule has 0 spiro atoms. The molecule has 0 fully saturated rings. The van der Waals surface area contributed by atoms with Gasteiger partial charge < -0.3 is 10.1 Å². The molecular formula is C19H17BrN4O2.